The van der Waals surface area contributed by atoms with Crippen LogP contribution in [0.25, 0.3) is 0 Å². The first kappa shape index (κ1) is 13.3. The van der Waals surface area contributed by atoms with E-state index in [1.54, 1.807) is 0 Å². The van der Waals surface area contributed by atoms with E-state index in [1.807, 2.05) is 5.01 Å². The van der Waals surface area contributed by atoms with Gasteiger partial charge in [-0.3, -0.25) is 0 Å². The predicted octanol–water partition coefficient (Wildman–Crippen LogP) is 0.306. The molecule has 0 radical (unpaired) electrons. The van der Waals surface area contributed by atoms with Crippen molar-refractivity contribution in [2.45, 2.75) is 32.1 Å². The second-order valence-electron chi connectivity index (χ2n) is 5.13. The molecule has 2 fully saturated rings. The van der Waals surface area contributed by atoms with Crippen LogP contribution in [0, 0.1) is 5.92 Å². The Morgan fingerprint density at radius 1 is 1.18 bits per heavy atom. The first-order valence-corrected chi connectivity index (χ1v) is 8.27. The quantitative estimate of drug-likeness (QED) is 0.764. The minimum atomic E-state index is -3.14. The van der Waals surface area contributed by atoms with Crippen molar-refractivity contribution in [2.24, 2.45) is 5.92 Å². The number of sulfonamides is 1. The minimum absolute atomic E-state index is 0.260. The molecule has 0 aromatic heterocycles. The van der Waals surface area contributed by atoms with Gasteiger partial charge in [-0.25, -0.2) is 13.4 Å². The summed E-state index contributed by atoms with van der Waals surface area (Å²) in [5.74, 6) is 0.530. The molecule has 0 aromatic carbocycles. The van der Waals surface area contributed by atoms with E-state index in [2.05, 4.69) is 10.1 Å². The third-order valence-corrected chi connectivity index (χ3v) is 4.92. The Kier molecular flexibility index (Phi) is 4.78. The largest absolute Gasteiger partial charge is 0.316 e. The van der Waals surface area contributed by atoms with Gasteiger partial charge >= 0.3 is 0 Å². The highest BCUT2D eigenvalue weighted by atomic mass is 32.2. The van der Waals surface area contributed by atoms with Crippen LogP contribution in [0.5, 0.6) is 0 Å². The standard InChI is InChI=1S/C11H23N3O2S/c15-17(16,10-11-5-4-6-12-9-11)13-14-7-2-1-3-8-14/h11-13H,1-10H2. The topological polar surface area (TPSA) is 61.4 Å². The van der Waals surface area contributed by atoms with Crippen molar-refractivity contribution in [3.05, 3.63) is 0 Å². The van der Waals surface area contributed by atoms with Crippen LogP contribution in [-0.4, -0.2) is 45.4 Å². The van der Waals surface area contributed by atoms with Gasteiger partial charge in [0.15, 0.2) is 0 Å². The van der Waals surface area contributed by atoms with E-state index in [1.165, 1.54) is 6.42 Å². The molecule has 2 saturated heterocycles. The Balaban J connectivity index is 1.80. The maximum atomic E-state index is 12.0. The summed E-state index contributed by atoms with van der Waals surface area (Å²) in [7, 11) is -3.14. The van der Waals surface area contributed by atoms with E-state index in [0.717, 1.165) is 51.9 Å². The molecule has 5 nitrogen and oxygen atoms in total. The van der Waals surface area contributed by atoms with Gasteiger partial charge in [0.25, 0.3) is 0 Å². The number of nitrogens with one attached hydrogen (secondary N) is 2. The van der Waals surface area contributed by atoms with Crippen LogP contribution < -0.4 is 10.1 Å². The summed E-state index contributed by atoms with van der Waals surface area (Å²) in [6, 6.07) is 0. The van der Waals surface area contributed by atoms with Gasteiger partial charge in [-0.05, 0) is 44.7 Å². The van der Waals surface area contributed by atoms with Crippen molar-refractivity contribution in [3.63, 3.8) is 0 Å². The number of nitrogens with zero attached hydrogens (tertiary/aromatic N) is 1. The Morgan fingerprint density at radius 2 is 1.94 bits per heavy atom. The summed E-state index contributed by atoms with van der Waals surface area (Å²) in [4.78, 5) is 2.72. The number of hydrogen-bond acceptors (Lipinski definition) is 4. The zero-order valence-corrected chi connectivity index (χ0v) is 11.1. The molecule has 2 heterocycles. The number of rotatable bonds is 4. The summed E-state index contributed by atoms with van der Waals surface area (Å²) in [6.45, 7) is 3.56. The lowest BCUT2D eigenvalue weighted by Gasteiger charge is -2.28. The van der Waals surface area contributed by atoms with E-state index >= 15 is 0 Å². The Hall–Kier alpha value is -0.170. The van der Waals surface area contributed by atoms with E-state index in [4.69, 9.17) is 0 Å². The molecular weight excluding hydrogens is 238 g/mol. The van der Waals surface area contributed by atoms with Crippen LogP contribution in [0.15, 0.2) is 0 Å². The van der Waals surface area contributed by atoms with Gasteiger partial charge in [0.1, 0.15) is 0 Å². The molecule has 0 bridgehead atoms. The van der Waals surface area contributed by atoms with Gasteiger partial charge in [0, 0.05) is 13.1 Å². The Bertz CT molecular complexity index is 294. The average Bonchev–Trinajstić information content (AvgIpc) is 2.30. The van der Waals surface area contributed by atoms with E-state index < -0.39 is 10.0 Å². The number of piperidine rings is 2. The molecule has 2 aliphatic rings. The summed E-state index contributed by atoms with van der Waals surface area (Å²) in [6.07, 6.45) is 5.50. The third kappa shape index (κ3) is 4.54. The fourth-order valence-electron chi connectivity index (χ4n) is 2.60. The number of hydrazine groups is 1. The van der Waals surface area contributed by atoms with Crippen LogP contribution in [0.4, 0.5) is 0 Å². The van der Waals surface area contributed by atoms with Gasteiger partial charge in [0.05, 0.1) is 5.75 Å². The molecule has 0 aliphatic carbocycles. The molecular formula is C11H23N3O2S. The molecule has 6 heteroatoms. The third-order valence-electron chi connectivity index (χ3n) is 3.48. The molecule has 0 amide bonds. The number of hydrogen-bond donors (Lipinski definition) is 2. The van der Waals surface area contributed by atoms with E-state index in [-0.39, 0.29) is 11.7 Å². The molecule has 1 atom stereocenters. The fraction of sp³-hybridized carbons (Fsp3) is 1.00. The smallest absolute Gasteiger partial charge is 0.224 e. The Morgan fingerprint density at radius 3 is 2.59 bits per heavy atom. The molecule has 0 spiro atoms. The van der Waals surface area contributed by atoms with Gasteiger partial charge in [-0.2, -0.15) is 0 Å². The van der Waals surface area contributed by atoms with Gasteiger partial charge < -0.3 is 5.32 Å². The zero-order valence-electron chi connectivity index (χ0n) is 10.3. The molecule has 2 aliphatic heterocycles. The van der Waals surface area contributed by atoms with Crippen LogP contribution in [0.3, 0.4) is 0 Å². The molecule has 1 unspecified atom stereocenters. The molecule has 100 valence electrons. The predicted molar refractivity (Wildman–Crippen MR) is 67.9 cm³/mol. The lowest BCUT2D eigenvalue weighted by atomic mass is 10.0. The Labute approximate surface area is 104 Å². The summed E-state index contributed by atoms with van der Waals surface area (Å²) < 4.78 is 24.0. The van der Waals surface area contributed by atoms with Crippen molar-refractivity contribution in [1.82, 2.24) is 15.2 Å². The highest BCUT2D eigenvalue weighted by Crippen LogP contribution is 2.13. The lowest BCUT2D eigenvalue weighted by Crippen LogP contribution is -2.47. The summed E-state index contributed by atoms with van der Waals surface area (Å²) in [5, 5.41) is 5.11. The van der Waals surface area contributed by atoms with Crippen LogP contribution >= 0.6 is 0 Å². The highest BCUT2D eigenvalue weighted by molar-refractivity contribution is 7.89. The van der Waals surface area contributed by atoms with Crippen molar-refractivity contribution >= 4 is 10.0 Å². The lowest BCUT2D eigenvalue weighted by molar-refractivity contribution is 0.199. The molecule has 17 heavy (non-hydrogen) atoms. The highest BCUT2D eigenvalue weighted by Gasteiger charge is 2.23. The molecule has 2 N–H and O–H groups in total. The first-order valence-electron chi connectivity index (χ1n) is 6.61. The SMILES string of the molecule is O=S(=O)(CC1CCCNC1)NN1CCCCC1. The van der Waals surface area contributed by atoms with Crippen LogP contribution in [0.1, 0.15) is 32.1 Å². The van der Waals surface area contributed by atoms with Gasteiger partial charge in [0.2, 0.25) is 10.0 Å². The van der Waals surface area contributed by atoms with Gasteiger partial charge in [-0.15, -0.1) is 4.83 Å². The maximum absolute atomic E-state index is 12.0. The second kappa shape index (κ2) is 6.13. The van der Waals surface area contributed by atoms with Crippen molar-refractivity contribution in [2.75, 3.05) is 31.9 Å². The van der Waals surface area contributed by atoms with Crippen molar-refractivity contribution < 1.29 is 8.42 Å². The molecule has 2 rings (SSSR count). The van der Waals surface area contributed by atoms with Crippen molar-refractivity contribution in [3.8, 4) is 0 Å². The monoisotopic (exact) mass is 261 g/mol. The van der Waals surface area contributed by atoms with Crippen LogP contribution in [-0.2, 0) is 10.0 Å². The maximum Gasteiger partial charge on any atom is 0.224 e. The fourth-order valence-corrected chi connectivity index (χ4v) is 4.15. The molecule has 0 saturated carbocycles. The molecule has 0 aromatic rings. The van der Waals surface area contributed by atoms with Crippen LogP contribution in [0.2, 0.25) is 0 Å². The minimum Gasteiger partial charge on any atom is -0.316 e. The summed E-state index contributed by atoms with van der Waals surface area (Å²) >= 11 is 0. The first-order chi connectivity index (χ1) is 8.16. The van der Waals surface area contributed by atoms with E-state index in [0.29, 0.717) is 0 Å². The second-order valence-corrected chi connectivity index (χ2v) is 6.88. The normalized spacial score (nSPS) is 28.1. The van der Waals surface area contributed by atoms with Gasteiger partial charge in [-0.1, -0.05) is 6.42 Å². The van der Waals surface area contributed by atoms with Crippen molar-refractivity contribution in [1.29, 1.82) is 0 Å². The average molecular weight is 261 g/mol. The van der Waals surface area contributed by atoms with E-state index in [9.17, 15) is 8.42 Å². The zero-order chi connectivity index (χ0) is 12.1. The summed E-state index contributed by atoms with van der Waals surface area (Å²) in [5.41, 5.74) is 0.